The molecule has 3 aromatic rings. The molecule has 0 aliphatic heterocycles. The zero-order chi connectivity index (χ0) is 18.7. The van der Waals surface area contributed by atoms with Crippen LogP contribution >= 0.6 is 0 Å². The molecule has 0 saturated heterocycles. The minimum atomic E-state index is -1.17. The number of para-hydroxylation sites is 2. The number of ketones is 1. The van der Waals surface area contributed by atoms with Gasteiger partial charge in [0.25, 0.3) is 0 Å². The maximum absolute atomic E-state index is 13.0. The molecule has 5 heteroatoms. The molecule has 5 nitrogen and oxygen atoms in total. The fourth-order valence-corrected chi connectivity index (χ4v) is 2.79. The molecule has 0 amide bonds. The standard InChI is InChI=1S/C21H17NO4/c1-14-8-2-6-12-18(14)22(26)19-13-7-5-11-17(19)20(23)15-9-3-4-10-16(15)21(24)25/h2-13,26H,1H3,(H,24,25). The van der Waals surface area contributed by atoms with Gasteiger partial charge in [0.15, 0.2) is 5.78 Å². The molecular weight excluding hydrogens is 330 g/mol. The van der Waals surface area contributed by atoms with Gasteiger partial charge in [-0.15, -0.1) is 0 Å². The molecule has 0 bridgehead atoms. The van der Waals surface area contributed by atoms with Gasteiger partial charge in [0.05, 0.1) is 16.9 Å². The third kappa shape index (κ3) is 3.20. The van der Waals surface area contributed by atoms with E-state index in [0.29, 0.717) is 5.69 Å². The largest absolute Gasteiger partial charge is 0.478 e. The number of nitrogens with zero attached hydrogens (tertiary/aromatic N) is 1. The Morgan fingerprint density at radius 1 is 0.731 bits per heavy atom. The summed E-state index contributed by atoms with van der Waals surface area (Å²) in [6.07, 6.45) is 0. The lowest BCUT2D eigenvalue weighted by Crippen LogP contribution is -2.17. The molecule has 2 N–H and O–H groups in total. The van der Waals surface area contributed by atoms with E-state index in [2.05, 4.69) is 0 Å². The second-order valence-electron chi connectivity index (χ2n) is 5.80. The van der Waals surface area contributed by atoms with E-state index in [1.54, 1.807) is 48.5 Å². The third-order valence-electron chi connectivity index (χ3n) is 4.12. The lowest BCUT2D eigenvalue weighted by molar-refractivity contribution is 0.0693. The molecule has 0 aromatic heterocycles. The maximum atomic E-state index is 13.0. The van der Waals surface area contributed by atoms with E-state index < -0.39 is 11.8 Å². The van der Waals surface area contributed by atoms with Crippen molar-refractivity contribution in [1.29, 1.82) is 0 Å². The summed E-state index contributed by atoms with van der Waals surface area (Å²) >= 11 is 0. The van der Waals surface area contributed by atoms with Gasteiger partial charge in [-0.2, -0.15) is 0 Å². The first-order valence-corrected chi connectivity index (χ1v) is 8.01. The Balaban J connectivity index is 2.10. The van der Waals surface area contributed by atoms with Crippen LogP contribution in [0.5, 0.6) is 0 Å². The molecule has 3 aromatic carbocycles. The number of carboxylic acid groups (broad SMARTS) is 1. The monoisotopic (exact) mass is 347 g/mol. The Morgan fingerprint density at radius 3 is 1.85 bits per heavy atom. The van der Waals surface area contributed by atoms with Gasteiger partial charge < -0.3 is 5.11 Å². The molecule has 0 aliphatic rings. The van der Waals surface area contributed by atoms with Gasteiger partial charge in [0, 0.05) is 11.1 Å². The smallest absolute Gasteiger partial charge is 0.336 e. The van der Waals surface area contributed by atoms with Gasteiger partial charge in [0.2, 0.25) is 0 Å². The van der Waals surface area contributed by atoms with E-state index in [1.807, 2.05) is 19.1 Å². The Bertz CT molecular complexity index is 981. The molecule has 0 unspecified atom stereocenters. The van der Waals surface area contributed by atoms with Gasteiger partial charge >= 0.3 is 5.97 Å². The normalized spacial score (nSPS) is 10.4. The van der Waals surface area contributed by atoms with Crippen LogP contribution in [0.1, 0.15) is 31.8 Å². The predicted octanol–water partition coefficient (Wildman–Crippen LogP) is 4.45. The summed E-state index contributed by atoms with van der Waals surface area (Å²) < 4.78 is 0. The van der Waals surface area contributed by atoms with Crippen LogP contribution in [-0.4, -0.2) is 22.1 Å². The first-order chi connectivity index (χ1) is 12.5. The number of benzene rings is 3. The Hall–Kier alpha value is -3.44. The summed E-state index contributed by atoms with van der Waals surface area (Å²) in [5.74, 6) is -1.64. The minimum Gasteiger partial charge on any atom is -0.478 e. The van der Waals surface area contributed by atoms with Crippen LogP contribution in [0.25, 0.3) is 0 Å². The fraction of sp³-hybridized carbons (Fsp3) is 0.0476. The van der Waals surface area contributed by atoms with E-state index >= 15 is 0 Å². The molecule has 3 rings (SSSR count). The first kappa shape index (κ1) is 17.4. The third-order valence-corrected chi connectivity index (χ3v) is 4.12. The second-order valence-corrected chi connectivity index (χ2v) is 5.80. The van der Waals surface area contributed by atoms with Crippen molar-refractivity contribution in [2.45, 2.75) is 6.92 Å². The van der Waals surface area contributed by atoms with Crippen molar-refractivity contribution in [2.24, 2.45) is 0 Å². The predicted molar refractivity (Wildman–Crippen MR) is 98.4 cm³/mol. The molecular formula is C21H17NO4. The van der Waals surface area contributed by atoms with Crippen molar-refractivity contribution in [1.82, 2.24) is 0 Å². The number of carbonyl (C=O) groups is 2. The Labute approximate surface area is 150 Å². The summed E-state index contributed by atoms with van der Waals surface area (Å²) in [6.45, 7) is 1.85. The molecule has 0 fully saturated rings. The van der Waals surface area contributed by atoms with E-state index in [1.165, 1.54) is 12.1 Å². The number of hydrogen-bond acceptors (Lipinski definition) is 4. The van der Waals surface area contributed by atoms with Crippen molar-refractivity contribution >= 4 is 23.1 Å². The van der Waals surface area contributed by atoms with Gasteiger partial charge in [0.1, 0.15) is 0 Å². The molecule has 26 heavy (non-hydrogen) atoms. The summed E-state index contributed by atoms with van der Waals surface area (Å²) in [4.78, 5) is 24.4. The number of aryl methyl sites for hydroxylation is 1. The highest BCUT2D eigenvalue weighted by atomic mass is 16.5. The maximum Gasteiger partial charge on any atom is 0.336 e. The molecule has 0 aliphatic carbocycles. The van der Waals surface area contributed by atoms with Crippen LogP contribution < -0.4 is 5.06 Å². The summed E-state index contributed by atoms with van der Waals surface area (Å²) in [5.41, 5.74) is 1.87. The van der Waals surface area contributed by atoms with Crippen LogP contribution in [0.3, 0.4) is 0 Å². The van der Waals surface area contributed by atoms with E-state index in [9.17, 15) is 19.9 Å². The molecule has 0 saturated carbocycles. The van der Waals surface area contributed by atoms with E-state index in [4.69, 9.17) is 0 Å². The Kier molecular flexibility index (Phi) is 4.82. The number of carbonyl (C=O) groups excluding carboxylic acids is 1. The van der Waals surface area contributed by atoms with Crippen molar-refractivity contribution in [3.63, 3.8) is 0 Å². The average molecular weight is 347 g/mol. The van der Waals surface area contributed by atoms with Crippen LogP contribution in [0.2, 0.25) is 0 Å². The Morgan fingerprint density at radius 2 is 1.23 bits per heavy atom. The summed E-state index contributed by atoms with van der Waals surface area (Å²) in [5, 5.41) is 21.0. The van der Waals surface area contributed by atoms with Crippen molar-refractivity contribution in [2.75, 3.05) is 5.06 Å². The van der Waals surface area contributed by atoms with Crippen molar-refractivity contribution < 1.29 is 19.9 Å². The van der Waals surface area contributed by atoms with Gasteiger partial charge in [-0.05, 0) is 36.8 Å². The van der Waals surface area contributed by atoms with Gasteiger partial charge in [-0.25, -0.2) is 9.86 Å². The number of aromatic carboxylic acids is 1. The van der Waals surface area contributed by atoms with Crippen LogP contribution in [-0.2, 0) is 0 Å². The zero-order valence-corrected chi connectivity index (χ0v) is 14.1. The number of anilines is 2. The van der Waals surface area contributed by atoms with Gasteiger partial charge in [-0.1, -0.05) is 48.5 Å². The second kappa shape index (κ2) is 7.21. The molecule has 0 atom stereocenters. The highest BCUT2D eigenvalue weighted by molar-refractivity contribution is 6.16. The molecule has 130 valence electrons. The first-order valence-electron chi connectivity index (χ1n) is 8.01. The molecule has 0 heterocycles. The quantitative estimate of drug-likeness (QED) is 0.526. The highest BCUT2D eigenvalue weighted by Gasteiger charge is 2.22. The number of carboxylic acids is 1. The lowest BCUT2D eigenvalue weighted by Gasteiger charge is -2.21. The van der Waals surface area contributed by atoms with Gasteiger partial charge in [-0.3, -0.25) is 10.0 Å². The van der Waals surface area contributed by atoms with Crippen molar-refractivity contribution in [3.8, 4) is 0 Å². The number of rotatable bonds is 5. The SMILES string of the molecule is Cc1ccccc1N(O)c1ccccc1C(=O)c1ccccc1C(=O)O. The van der Waals surface area contributed by atoms with Crippen LogP contribution in [0, 0.1) is 6.92 Å². The number of hydrogen-bond donors (Lipinski definition) is 2. The zero-order valence-electron chi connectivity index (χ0n) is 14.1. The summed E-state index contributed by atoms with van der Waals surface area (Å²) in [7, 11) is 0. The fourth-order valence-electron chi connectivity index (χ4n) is 2.79. The lowest BCUT2D eigenvalue weighted by atomic mass is 9.97. The van der Waals surface area contributed by atoms with E-state index in [0.717, 1.165) is 10.6 Å². The average Bonchev–Trinajstić information content (AvgIpc) is 2.67. The van der Waals surface area contributed by atoms with E-state index in [-0.39, 0.29) is 22.4 Å². The molecule has 0 spiro atoms. The molecule has 0 radical (unpaired) electrons. The summed E-state index contributed by atoms with van der Waals surface area (Å²) in [6, 6.07) is 19.8. The van der Waals surface area contributed by atoms with Crippen LogP contribution in [0.15, 0.2) is 72.8 Å². The van der Waals surface area contributed by atoms with Crippen molar-refractivity contribution in [3.05, 3.63) is 95.1 Å². The van der Waals surface area contributed by atoms with Crippen LogP contribution in [0.4, 0.5) is 11.4 Å². The minimum absolute atomic E-state index is 0.0747. The topological polar surface area (TPSA) is 77.8 Å². The highest BCUT2D eigenvalue weighted by Crippen LogP contribution is 2.30.